The first-order valence-electron chi connectivity index (χ1n) is 7.58. The van der Waals surface area contributed by atoms with E-state index in [-0.39, 0.29) is 18.1 Å². The lowest BCUT2D eigenvalue weighted by atomic mass is 10.1. The van der Waals surface area contributed by atoms with E-state index in [1.807, 2.05) is 57.3 Å². The van der Waals surface area contributed by atoms with Crippen LogP contribution in [-0.4, -0.2) is 21.8 Å². The molecule has 1 aromatic carbocycles. The van der Waals surface area contributed by atoms with Gasteiger partial charge < -0.3 is 10.1 Å². The highest BCUT2D eigenvalue weighted by Gasteiger charge is 2.10. The van der Waals surface area contributed by atoms with E-state index >= 15 is 0 Å². The van der Waals surface area contributed by atoms with E-state index in [1.165, 1.54) is 0 Å². The summed E-state index contributed by atoms with van der Waals surface area (Å²) in [5.41, 5.74) is 1.06. The van der Waals surface area contributed by atoms with E-state index < -0.39 is 0 Å². The zero-order valence-electron chi connectivity index (χ0n) is 13.3. The second-order valence-corrected chi connectivity index (χ2v) is 5.54. The van der Waals surface area contributed by atoms with E-state index in [2.05, 4.69) is 10.4 Å². The monoisotopic (exact) mass is 301 g/mol. The van der Waals surface area contributed by atoms with Gasteiger partial charge in [-0.3, -0.25) is 9.48 Å². The van der Waals surface area contributed by atoms with Gasteiger partial charge in [-0.15, -0.1) is 0 Å². The first kappa shape index (κ1) is 16.1. The van der Waals surface area contributed by atoms with Crippen molar-refractivity contribution < 1.29 is 9.53 Å². The third-order valence-electron chi connectivity index (χ3n) is 3.26. The topological polar surface area (TPSA) is 56.1 Å². The molecule has 0 saturated carbocycles. The van der Waals surface area contributed by atoms with Gasteiger partial charge in [0, 0.05) is 25.4 Å². The molecule has 0 bridgehead atoms. The summed E-state index contributed by atoms with van der Waals surface area (Å²) < 4.78 is 7.37. The Labute approximate surface area is 131 Å². The molecule has 22 heavy (non-hydrogen) atoms. The molecule has 0 saturated heterocycles. The molecule has 1 atom stereocenters. The van der Waals surface area contributed by atoms with Crippen LogP contribution in [-0.2, 0) is 11.3 Å². The van der Waals surface area contributed by atoms with Gasteiger partial charge in [-0.2, -0.15) is 5.10 Å². The van der Waals surface area contributed by atoms with Crippen LogP contribution in [0.3, 0.4) is 0 Å². The summed E-state index contributed by atoms with van der Waals surface area (Å²) in [6.07, 6.45) is 4.14. The van der Waals surface area contributed by atoms with E-state index in [0.717, 1.165) is 11.3 Å². The highest BCUT2D eigenvalue weighted by Crippen LogP contribution is 2.18. The average molecular weight is 301 g/mol. The molecule has 5 heteroatoms. The molecule has 1 amide bonds. The van der Waals surface area contributed by atoms with Crippen LogP contribution in [0.5, 0.6) is 5.75 Å². The molecule has 2 aromatic rings. The number of aryl methyl sites for hydroxylation is 1. The third kappa shape index (κ3) is 4.91. The minimum absolute atomic E-state index is 0.0190. The quantitative estimate of drug-likeness (QED) is 0.855. The number of hydrogen-bond donors (Lipinski definition) is 1. The Morgan fingerprint density at radius 3 is 2.59 bits per heavy atom. The number of ether oxygens (including phenoxy) is 1. The molecule has 2 rings (SSSR count). The summed E-state index contributed by atoms with van der Waals surface area (Å²) in [5.74, 6) is 0.862. The van der Waals surface area contributed by atoms with Crippen LogP contribution in [0.1, 0.15) is 38.8 Å². The Morgan fingerprint density at radius 1 is 1.27 bits per heavy atom. The van der Waals surface area contributed by atoms with Crippen molar-refractivity contribution in [2.24, 2.45) is 0 Å². The maximum Gasteiger partial charge on any atom is 0.222 e. The van der Waals surface area contributed by atoms with Crippen LogP contribution in [0.15, 0.2) is 42.7 Å². The molecule has 0 spiro atoms. The normalized spacial score (nSPS) is 12.2. The Balaban J connectivity index is 1.83. The number of amides is 1. The first-order valence-corrected chi connectivity index (χ1v) is 7.58. The molecule has 1 unspecified atom stereocenters. The largest absolute Gasteiger partial charge is 0.491 e. The SMILES string of the molecule is CC(C)Oc1ccc(C(C)NC(=O)CCn2cccn2)cc1. The van der Waals surface area contributed by atoms with E-state index in [4.69, 9.17) is 4.74 Å². The predicted molar refractivity (Wildman–Crippen MR) is 85.6 cm³/mol. The van der Waals surface area contributed by atoms with Gasteiger partial charge in [-0.1, -0.05) is 12.1 Å². The Kier molecular flexibility index (Phi) is 5.58. The van der Waals surface area contributed by atoms with Crippen molar-refractivity contribution in [2.75, 3.05) is 0 Å². The van der Waals surface area contributed by atoms with Gasteiger partial charge in [0.1, 0.15) is 5.75 Å². The minimum atomic E-state index is -0.0294. The number of rotatable bonds is 7. The molecular weight excluding hydrogens is 278 g/mol. The number of benzene rings is 1. The fourth-order valence-electron chi connectivity index (χ4n) is 2.15. The molecule has 1 aromatic heterocycles. The number of nitrogens with one attached hydrogen (secondary N) is 1. The highest BCUT2D eigenvalue weighted by molar-refractivity contribution is 5.76. The van der Waals surface area contributed by atoms with Crippen molar-refractivity contribution in [1.29, 1.82) is 0 Å². The summed E-state index contributed by atoms with van der Waals surface area (Å²) in [4.78, 5) is 12.0. The van der Waals surface area contributed by atoms with Gasteiger partial charge in [0.15, 0.2) is 0 Å². The number of carbonyl (C=O) groups excluding carboxylic acids is 1. The van der Waals surface area contributed by atoms with E-state index in [0.29, 0.717) is 13.0 Å². The number of hydrogen-bond acceptors (Lipinski definition) is 3. The van der Waals surface area contributed by atoms with Crippen LogP contribution in [0, 0.1) is 0 Å². The van der Waals surface area contributed by atoms with Gasteiger partial charge in [-0.05, 0) is 44.5 Å². The van der Waals surface area contributed by atoms with Crippen LogP contribution >= 0.6 is 0 Å². The first-order chi connectivity index (χ1) is 10.5. The highest BCUT2D eigenvalue weighted by atomic mass is 16.5. The Hall–Kier alpha value is -2.30. The summed E-state index contributed by atoms with van der Waals surface area (Å²) >= 11 is 0. The van der Waals surface area contributed by atoms with Gasteiger partial charge >= 0.3 is 0 Å². The van der Waals surface area contributed by atoms with Crippen molar-refractivity contribution >= 4 is 5.91 Å². The van der Waals surface area contributed by atoms with Crippen molar-refractivity contribution in [2.45, 2.75) is 45.9 Å². The minimum Gasteiger partial charge on any atom is -0.491 e. The number of nitrogens with zero attached hydrogens (tertiary/aromatic N) is 2. The van der Waals surface area contributed by atoms with Crippen LogP contribution in [0.25, 0.3) is 0 Å². The summed E-state index contributed by atoms with van der Waals surface area (Å²) in [6, 6.07) is 9.65. The summed E-state index contributed by atoms with van der Waals surface area (Å²) in [6.45, 7) is 6.56. The molecule has 0 aliphatic rings. The summed E-state index contributed by atoms with van der Waals surface area (Å²) in [5, 5.41) is 7.08. The smallest absolute Gasteiger partial charge is 0.222 e. The maximum absolute atomic E-state index is 12.0. The standard InChI is InChI=1S/C17H23N3O2/c1-13(2)22-16-7-5-15(6-8-16)14(3)19-17(21)9-12-20-11-4-10-18-20/h4-8,10-11,13-14H,9,12H2,1-3H3,(H,19,21). The van der Waals surface area contributed by atoms with Crippen molar-refractivity contribution in [3.63, 3.8) is 0 Å². The molecular formula is C17H23N3O2. The van der Waals surface area contributed by atoms with Gasteiger partial charge in [0.2, 0.25) is 5.91 Å². The molecule has 1 heterocycles. The number of aromatic nitrogens is 2. The maximum atomic E-state index is 12.0. The fraction of sp³-hybridized carbons (Fsp3) is 0.412. The lowest BCUT2D eigenvalue weighted by molar-refractivity contribution is -0.122. The molecule has 5 nitrogen and oxygen atoms in total. The lowest BCUT2D eigenvalue weighted by Gasteiger charge is -2.16. The molecule has 0 fully saturated rings. The van der Waals surface area contributed by atoms with Gasteiger partial charge in [0.05, 0.1) is 12.1 Å². The predicted octanol–water partition coefficient (Wildman–Crippen LogP) is 2.94. The second-order valence-electron chi connectivity index (χ2n) is 5.54. The lowest BCUT2D eigenvalue weighted by Crippen LogP contribution is -2.27. The molecule has 0 aliphatic heterocycles. The third-order valence-corrected chi connectivity index (χ3v) is 3.26. The Morgan fingerprint density at radius 2 is 2.00 bits per heavy atom. The van der Waals surface area contributed by atoms with Crippen LogP contribution in [0.2, 0.25) is 0 Å². The number of carbonyl (C=O) groups is 1. The Bertz CT molecular complexity index is 576. The van der Waals surface area contributed by atoms with Crippen molar-refractivity contribution in [1.82, 2.24) is 15.1 Å². The van der Waals surface area contributed by atoms with Crippen molar-refractivity contribution in [3.05, 3.63) is 48.3 Å². The zero-order chi connectivity index (χ0) is 15.9. The molecule has 0 radical (unpaired) electrons. The van der Waals surface area contributed by atoms with Crippen molar-refractivity contribution in [3.8, 4) is 5.75 Å². The van der Waals surface area contributed by atoms with Crippen LogP contribution in [0.4, 0.5) is 0 Å². The van der Waals surface area contributed by atoms with Gasteiger partial charge in [-0.25, -0.2) is 0 Å². The zero-order valence-corrected chi connectivity index (χ0v) is 13.3. The molecule has 0 aliphatic carbocycles. The van der Waals surface area contributed by atoms with E-state index in [9.17, 15) is 4.79 Å². The van der Waals surface area contributed by atoms with Crippen LogP contribution < -0.4 is 10.1 Å². The van der Waals surface area contributed by atoms with E-state index in [1.54, 1.807) is 10.9 Å². The summed E-state index contributed by atoms with van der Waals surface area (Å²) in [7, 11) is 0. The molecule has 1 N–H and O–H groups in total. The molecule has 118 valence electrons. The fourth-order valence-corrected chi connectivity index (χ4v) is 2.15. The second kappa shape index (κ2) is 7.64. The van der Waals surface area contributed by atoms with Gasteiger partial charge in [0.25, 0.3) is 0 Å². The average Bonchev–Trinajstić information content (AvgIpc) is 2.98.